The van der Waals surface area contributed by atoms with Crippen LogP contribution in [0.15, 0.2) is 67.2 Å². The Morgan fingerprint density at radius 2 is 1.47 bits per heavy atom. The van der Waals surface area contributed by atoms with Crippen LogP contribution in [0.2, 0.25) is 0 Å². The fourth-order valence-corrected chi connectivity index (χ4v) is 1.37. The Morgan fingerprint density at radius 3 is 1.84 bits per heavy atom. The van der Waals surface area contributed by atoms with E-state index in [4.69, 9.17) is 10.2 Å². The Kier molecular flexibility index (Phi) is 6.06. The maximum Gasteiger partial charge on any atom is 0.337 e. The van der Waals surface area contributed by atoms with Gasteiger partial charge in [-0.3, -0.25) is 0 Å². The lowest BCUT2D eigenvalue weighted by Gasteiger charge is -2.03. The Balaban J connectivity index is 0.000000200. The van der Waals surface area contributed by atoms with Gasteiger partial charge >= 0.3 is 5.97 Å². The third-order valence-electron chi connectivity index (χ3n) is 2.38. The zero-order valence-corrected chi connectivity index (χ0v) is 10.4. The molecule has 0 radical (unpaired) electrons. The molecule has 0 amide bonds. The lowest BCUT2D eigenvalue weighted by molar-refractivity contribution is -0.146. The Morgan fingerprint density at radius 1 is 1.00 bits per heavy atom. The van der Waals surface area contributed by atoms with Crippen molar-refractivity contribution in [1.82, 2.24) is 0 Å². The molecule has 3 heteroatoms. The van der Waals surface area contributed by atoms with Crippen LogP contribution in [-0.2, 0) is 4.79 Å². The van der Waals surface area contributed by atoms with Crippen molar-refractivity contribution in [3.63, 3.8) is 0 Å². The average molecular weight is 256 g/mol. The quantitative estimate of drug-likeness (QED) is 0.887. The molecule has 2 aromatic rings. The summed E-state index contributed by atoms with van der Waals surface area (Å²) in [6, 6.07) is 18.3. The van der Waals surface area contributed by atoms with Gasteiger partial charge in [-0.1, -0.05) is 73.3 Å². The highest BCUT2D eigenvalue weighted by atomic mass is 16.4. The molecule has 0 fully saturated rings. The molecule has 0 aromatic heterocycles. The molecule has 98 valence electrons. The van der Waals surface area contributed by atoms with Crippen molar-refractivity contribution < 1.29 is 15.0 Å². The summed E-state index contributed by atoms with van der Waals surface area (Å²) in [6.45, 7) is 3.63. The second kappa shape index (κ2) is 7.84. The first kappa shape index (κ1) is 14.7. The number of aliphatic hydroxyl groups excluding tert-OH is 1. The molecule has 0 aliphatic carbocycles. The van der Waals surface area contributed by atoms with Crippen LogP contribution >= 0.6 is 0 Å². The Labute approximate surface area is 112 Å². The average Bonchev–Trinajstić information content (AvgIpc) is 2.48. The second-order valence-corrected chi connectivity index (χ2v) is 3.77. The predicted molar refractivity (Wildman–Crippen MR) is 75.6 cm³/mol. The minimum atomic E-state index is -1.41. The van der Waals surface area contributed by atoms with Gasteiger partial charge in [0.1, 0.15) is 0 Å². The number of carboxylic acids is 1. The van der Waals surface area contributed by atoms with Gasteiger partial charge in [0, 0.05) is 0 Å². The number of aliphatic carboxylic acids is 1. The van der Waals surface area contributed by atoms with Crippen molar-refractivity contribution in [2.24, 2.45) is 0 Å². The standard InChI is InChI=1S/C8H8O3.C8H8/c9-7(8(10)11)6-4-2-1-3-5-6;1-2-8-6-4-3-5-7-8/h1-5,7,9H,(H,10,11);2-7H,1H2. The molecule has 0 heterocycles. The molecule has 0 bridgehead atoms. The summed E-state index contributed by atoms with van der Waals surface area (Å²) in [5.41, 5.74) is 1.58. The van der Waals surface area contributed by atoms with Crippen molar-refractivity contribution in [3.05, 3.63) is 78.4 Å². The first-order valence-corrected chi connectivity index (χ1v) is 5.78. The Bertz CT molecular complexity index is 506. The monoisotopic (exact) mass is 256 g/mol. The molecule has 19 heavy (non-hydrogen) atoms. The van der Waals surface area contributed by atoms with E-state index < -0.39 is 12.1 Å². The summed E-state index contributed by atoms with van der Waals surface area (Å²) < 4.78 is 0. The van der Waals surface area contributed by atoms with E-state index in [1.807, 2.05) is 36.4 Å². The van der Waals surface area contributed by atoms with Gasteiger partial charge in [0.2, 0.25) is 0 Å². The summed E-state index contributed by atoms with van der Waals surface area (Å²) in [5.74, 6) is -1.23. The van der Waals surface area contributed by atoms with Crippen molar-refractivity contribution in [2.75, 3.05) is 0 Å². The minimum absolute atomic E-state index is 0.403. The fraction of sp³-hybridized carbons (Fsp3) is 0.0625. The normalized spacial score (nSPS) is 10.8. The van der Waals surface area contributed by atoms with Gasteiger partial charge < -0.3 is 10.2 Å². The molecule has 3 nitrogen and oxygen atoms in total. The topological polar surface area (TPSA) is 57.5 Å². The molecule has 2 rings (SSSR count). The third-order valence-corrected chi connectivity index (χ3v) is 2.38. The molecule has 0 aliphatic rings. The van der Waals surface area contributed by atoms with Crippen LogP contribution in [0, 0.1) is 0 Å². The van der Waals surface area contributed by atoms with Crippen LogP contribution in [0.4, 0.5) is 0 Å². The molecular formula is C16H16O3. The van der Waals surface area contributed by atoms with Crippen molar-refractivity contribution >= 4 is 12.0 Å². The van der Waals surface area contributed by atoms with Crippen LogP contribution in [0.25, 0.3) is 6.08 Å². The first-order chi connectivity index (χ1) is 9.15. The van der Waals surface area contributed by atoms with Gasteiger partial charge in [0.05, 0.1) is 0 Å². The van der Waals surface area contributed by atoms with E-state index in [0.717, 1.165) is 0 Å². The number of rotatable bonds is 3. The minimum Gasteiger partial charge on any atom is -0.479 e. The number of aliphatic hydroxyl groups is 1. The zero-order valence-electron chi connectivity index (χ0n) is 10.4. The van der Waals surface area contributed by atoms with E-state index in [1.165, 1.54) is 5.56 Å². The van der Waals surface area contributed by atoms with Crippen molar-refractivity contribution in [1.29, 1.82) is 0 Å². The molecule has 0 aliphatic heterocycles. The number of carbonyl (C=O) groups is 1. The van der Waals surface area contributed by atoms with E-state index in [0.29, 0.717) is 5.56 Å². The molecule has 0 saturated heterocycles. The number of hydrogen-bond donors (Lipinski definition) is 2. The van der Waals surface area contributed by atoms with Gasteiger partial charge in [-0.05, 0) is 11.1 Å². The summed E-state index contributed by atoms with van der Waals surface area (Å²) in [5, 5.41) is 17.4. The van der Waals surface area contributed by atoms with Crippen LogP contribution in [0.5, 0.6) is 0 Å². The number of carboxylic acid groups (broad SMARTS) is 1. The molecule has 0 spiro atoms. The van der Waals surface area contributed by atoms with Gasteiger partial charge in [0.15, 0.2) is 6.10 Å². The van der Waals surface area contributed by atoms with E-state index in [9.17, 15) is 4.79 Å². The molecule has 0 saturated carbocycles. The van der Waals surface area contributed by atoms with Gasteiger partial charge in [-0.25, -0.2) is 4.79 Å². The van der Waals surface area contributed by atoms with Crippen LogP contribution in [-0.4, -0.2) is 16.2 Å². The van der Waals surface area contributed by atoms with E-state index >= 15 is 0 Å². The maximum absolute atomic E-state index is 10.2. The highest BCUT2D eigenvalue weighted by Crippen LogP contribution is 2.10. The molecule has 2 N–H and O–H groups in total. The van der Waals surface area contributed by atoms with Gasteiger partial charge in [-0.2, -0.15) is 0 Å². The van der Waals surface area contributed by atoms with Gasteiger partial charge in [0.25, 0.3) is 0 Å². The lowest BCUT2D eigenvalue weighted by atomic mass is 10.1. The summed E-state index contributed by atoms with van der Waals surface area (Å²) >= 11 is 0. The Hall–Kier alpha value is -2.39. The van der Waals surface area contributed by atoms with Crippen LogP contribution in [0.3, 0.4) is 0 Å². The van der Waals surface area contributed by atoms with Crippen LogP contribution in [0.1, 0.15) is 17.2 Å². The summed E-state index contributed by atoms with van der Waals surface area (Å²) in [6.07, 6.45) is 0.427. The maximum atomic E-state index is 10.2. The molecular weight excluding hydrogens is 240 g/mol. The highest BCUT2D eigenvalue weighted by Gasteiger charge is 2.14. The van der Waals surface area contributed by atoms with Crippen molar-refractivity contribution in [3.8, 4) is 0 Å². The summed E-state index contributed by atoms with van der Waals surface area (Å²) in [7, 11) is 0. The summed E-state index contributed by atoms with van der Waals surface area (Å²) in [4.78, 5) is 10.2. The van der Waals surface area contributed by atoms with E-state index in [1.54, 1.807) is 30.3 Å². The first-order valence-electron chi connectivity index (χ1n) is 5.78. The van der Waals surface area contributed by atoms with Crippen molar-refractivity contribution in [2.45, 2.75) is 6.10 Å². The number of benzene rings is 2. The predicted octanol–water partition coefficient (Wildman–Crippen LogP) is 3.13. The highest BCUT2D eigenvalue weighted by molar-refractivity contribution is 5.73. The molecule has 2 aromatic carbocycles. The largest absolute Gasteiger partial charge is 0.479 e. The van der Waals surface area contributed by atoms with E-state index in [-0.39, 0.29) is 0 Å². The third kappa shape index (κ3) is 5.19. The lowest BCUT2D eigenvalue weighted by Crippen LogP contribution is -2.09. The number of hydrogen-bond acceptors (Lipinski definition) is 2. The molecule has 1 atom stereocenters. The van der Waals surface area contributed by atoms with Gasteiger partial charge in [-0.15, -0.1) is 0 Å². The SMILES string of the molecule is C=Cc1ccccc1.O=C(O)C(O)c1ccccc1. The van der Waals surface area contributed by atoms with E-state index in [2.05, 4.69) is 6.58 Å². The molecule has 1 unspecified atom stereocenters. The second-order valence-electron chi connectivity index (χ2n) is 3.77. The zero-order chi connectivity index (χ0) is 14.1. The van der Waals surface area contributed by atoms with Crippen LogP contribution < -0.4 is 0 Å². The smallest absolute Gasteiger partial charge is 0.337 e. The fourth-order valence-electron chi connectivity index (χ4n) is 1.37.